The van der Waals surface area contributed by atoms with E-state index in [2.05, 4.69) is 5.16 Å². The number of oxime groups is 1. The van der Waals surface area contributed by atoms with Crippen LogP contribution in [0.2, 0.25) is 5.02 Å². The van der Waals surface area contributed by atoms with Crippen LogP contribution >= 0.6 is 11.6 Å². The number of carbonyl (C=O) groups excluding carboxylic acids is 1. The lowest BCUT2D eigenvalue weighted by atomic mass is 9.95. The average molecular weight is 312 g/mol. The fraction of sp³-hybridized carbons (Fsp3) is 0.429. The minimum absolute atomic E-state index is 0.0142. The van der Waals surface area contributed by atoms with Gasteiger partial charge in [0.1, 0.15) is 11.6 Å². The van der Waals surface area contributed by atoms with Crippen LogP contribution in [0, 0.1) is 5.92 Å². The molecule has 1 saturated heterocycles. The molecule has 1 amide bonds. The van der Waals surface area contributed by atoms with E-state index in [-0.39, 0.29) is 17.7 Å². The molecule has 1 aliphatic heterocycles. The maximum atomic E-state index is 12.6. The van der Waals surface area contributed by atoms with Gasteiger partial charge in [0.15, 0.2) is 0 Å². The van der Waals surface area contributed by atoms with Gasteiger partial charge in [-0.15, -0.1) is 0 Å². The van der Waals surface area contributed by atoms with Gasteiger partial charge in [-0.2, -0.15) is 0 Å². The molecular formula is C14H18ClN3O3. The first-order valence-electron chi connectivity index (χ1n) is 6.67. The van der Waals surface area contributed by atoms with Crippen LogP contribution in [0.25, 0.3) is 0 Å². The normalized spacial score (nSPS) is 16.9. The van der Waals surface area contributed by atoms with Crippen LogP contribution in [-0.2, 0) is 0 Å². The second-order valence-electron chi connectivity index (χ2n) is 4.94. The van der Waals surface area contributed by atoms with Gasteiger partial charge in [-0.3, -0.25) is 4.79 Å². The molecule has 21 heavy (non-hydrogen) atoms. The molecule has 2 rings (SSSR count). The SMILES string of the molecule is COc1ccc(Cl)cc1C(=O)N1CCC(C(N)=NO)CC1. The van der Waals surface area contributed by atoms with Crippen LogP contribution in [0.5, 0.6) is 5.75 Å². The maximum Gasteiger partial charge on any atom is 0.257 e. The molecule has 0 saturated carbocycles. The summed E-state index contributed by atoms with van der Waals surface area (Å²) in [7, 11) is 1.52. The highest BCUT2D eigenvalue weighted by molar-refractivity contribution is 6.31. The zero-order valence-electron chi connectivity index (χ0n) is 11.8. The number of carbonyl (C=O) groups is 1. The Bertz CT molecular complexity index is 554. The fourth-order valence-corrected chi connectivity index (χ4v) is 2.65. The Balaban J connectivity index is 2.10. The average Bonchev–Trinajstić information content (AvgIpc) is 2.53. The number of likely N-dealkylation sites (tertiary alicyclic amines) is 1. The van der Waals surface area contributed by atoms with Crippen LogP contribution in [0.3, 0.4) is 0 Å². The van der Waals surface area contributed by atoms with Gasteiger partial charge in [-0.1, -0.05) is 16.8 Å². The van der Waals surface area contributed by atoms with Crippen LogP contribution in [-0.4, -0.2) is 42.0 Å². The molecule has 7 heteroatoms. The van der Waals surface area contributed by atoms with Gasteiger partial charge >= 0.3 is 0 Å². The highest BCUT2D eigenvalue weighted by Crippen LogP contribution is 2.26. The summed E-state index contributed by atoms with van der Waals surface area (Å²) in [4.78, 5) is 14.3. The number of amides is 1. The lowest BCUT2D eigenvalue weighted by Crippen LogP contribution is -2.41. The van der Waals surface area contributed by atoms with E-state index < -0.39 is 0 Å². The predicted octanol–water partition coefficient (Wildman–Crippen LogP) is 1.95. The smallest absolute Gasteiger partial charge is 0.257 e. The number of benzene rings is 1. The molecule has 0 atom stereocenters. The minimum atomic E-state index is -0.118. The van der Waals surface area contributed by atoms with E-state index in [0.29, 0.717) is 42.3 Å². The van der Waals surface area contributed by atoms with Gasteiger partial charge in [0, 0.05) is 24.0 Å². The van der Waals surface area contributed by atoms with E-state index in [1.165, 1.54) is 7.11 Å². The van der Waals surface area contributed by atoms with E-state index in [1.807, 2.05) is 0 Å². The van der Waals surface area contributed by atoms with Crippen molar-refractivity contribution < 1.29 is 14.7 Å². The quantitative estimate of drug-likeness (QED) is 0.386. The van der Waals surface area contributed by atoms with Gasteiger partial charge in [-0.25, -0.2) is 0 Å². The van der Waals surface area contributed by atoms with Crippen LogP contribution < -0.4 is 10.5 Å². The minimum Gasteiger partial charge on any atom is -0.496 e. The number of hydrogen-bond acceptors (Lipinski definition) is 4. The number of rotatable bonds is 3. The fourth-order valence-electron chi connectivity index (χ4n) is 2.48. The van der Waals surface area contributed by atoms with Gasteiger partial charge < -0.3 is 20.6 Å². The highest BCUT2D eigenvalue weighted by Gasteiger charge is 2.27. The molecular weight excluding hydrogens is 294 g/mol. The van der Waals surface area contributed by atoms with E-state index in [9.17, 15) is 4.79 Å². The Morgan fingerprint density at radius 1 is 1.48 bits per heavy atom. The molecule has 1 heterocycles. The third-order valence-electron chi connectivity index (χ3n) is 3.71. The highest BCUT2D eigenvalue weighted by atomic mass is 35.5. The summed E-state index contributed by atoms with van der Waals surface area (Å²) in [5.74, 6) is 0.623. The molecule has 1 aromatic rings. The first-order valence-corrected chi connectivity index (χ1v) is 7.04. The van der Waals surface area contributed by atoms with Crippen molar-refractivity contribution in [1.82, 2.24) is 4.90 Å². The molecule has 0 aliphatic carbocycles. The molecule has 1 fully saturated rings. The molecule has 0 radical (unpaired) electrons. The third-order valence-corrected chi connectivity index (χ3v) is 3.94. The number of nitrogens with two attached hydrogens (primary N) is 1. The van der Waals surface area contributed by atoms with Crippen molar-refractivity contribution in [2.45, 2.75) is 12.8 Å². The molecule has 1 aromatic carbocycles. The zero-order valence-corrected chi connectivity index (χ0v) is 12.5. The van der Waals surface area contributed by atoms with Crippen molar-refractivity contribution >= 4 is 23.3 Å². The number of methoxy groups -OCH3 is 1. The van der Waals surface area contributed by atoms with Crippen molar-refractivity contribution in [2.75, 3.05) is 20.2 Å². The number of amidine groups is 1. The monoisotopic (exact) mass is 311 g/mol. The van der Waals surface area contributed by atoms with E-state index >= 15 is 0 Å². The zero-order chi connectivity index (χ0) is 15.4. The number of nitrogens with zero attached hydrogens (tertiary/aromatic N) is 2. The number of hydrogen-bond donors (Lipinski definition) is 2. The Morgan fingerprint density at radius 2 is 2.14 bits per heavy atom. The van der Waals surface area contributed by atoms with Crippen molar-refractivity contribution in [3.05, 3.63) is 28.8 Å². The molecule has 3 N–H and O–H groups in total. The molecule has 1 aliphatic rings. The van der Waals surface area contributed by atoms with Crippen molar-refractivity contribution in [2.24, 2.45) is 16.8 Å². The second kappa shape index (κ2) is 6.67. The van der Waals surface area contributed by atoms with Gasteiger partial charge in [0.2, 0.25) is 0 Å². The molecule has 0 bridgehead atoms. The van der Waals surface area contributed by atoms with Crippen LogP contribution in [0.1, 0.15) is 23.2 Å². The third kappa shape index (κ3) is 3.39. The Labute approximate surface area is 128 Å². The first-order chi connectivity index (χ1) is 10.1. The first kappa shape index (κ1) is 15.4. The van der Waals surface area contributed by atoms with Crippen LogP contribution in [0.15, 0.2) is 23.4 Å². The standard InChI is InChI=1S/C14H18ClN3O3/c1-21-12-3-2-10(15)8-11(12)14(19)18-6-4-9(5-7-18)13(16)17-20/h2-3,8-9,20H,4-7H2,1H3,(H2,16,17). The van der Waals surface area contributed by atoms with Crippen molar-refractivity contribution in [1.29, 1.82) is 0 Å². The lowest BCUT2D eigenvalue weighted by molar-refractivity contribution is 0.0705. The second-order valence-corrected chi connectivity index (χ2v) is 5.37. The van der Waals surface area contributed by atoms with Gasteiger partial charge in [-0.05, 0) is 31.0 Å². The topological polar surface area (TPSA) is 88.2 Å². The summed E-state index contributed by atoms with van der Waals surface area (Å²) >= 11 is 5.95. The Morgan fingerprint density at radius 3 is 2.71 bits per heavy atom. The summed E-state index contributed by atoms with van der Waals surface area (Å²) in [6.07, 6.45) is 1.34. The van der Waals surface area contributed by atoms with Gasteiger partial charge in [0.25, 0.3) is 5.91 Å². The summed E-state index contributed by atoms with van der Waals surface area (Å²) < 4.78 is 5.21. The molecule has 0 spiro atoms. The van der Waals surface area contributed by atoms with Gasteiger partial charge in [0.05, 0.1) is 12.7 Å². The van der Waals surface area contributed by atoms with Crippen molar-refractivity contribution in [3.8, 4) is 5.75 Å². The van der Waals surface area contributed by atoms with E-state index in [1.54, 1.807) is 23.1 Å². The number of ether oxygens (including phenoxy) is 1. The Hall–Kier alpha value is -1.95. The summed E-state index contributed by atoms with van der Waals surface area (Å²) in [5, 5.41) is 12.2. The molecule has 6 nitrogen and oxygen atoms in total. The summed E-state index contributed by atoms with van der Waals surface area (Å²) in [6, 6.07) is 4.97. The molecule has 0 unspecified atom stereocenters. The molecule has 114 valence electrons. The summed E-state index contributed by atoms with van der Waals surface area (Å²) in [5.41, 5.74) is 6.06. The predicted molar refractivity (Wildman–Crippen MR) is 80.0 cm³/mol. The van der Waals surface area contributed by atoms with E-state index in [0.717, 1.165) is 0 Å². The maximum absolute atomic E-state index is 12.6. The lowest BCUT2D eigenvalue weighted by Gasteiger charge is -2.31. The van der Waals surface area contributed by atoms with Crippen LogP contribution in [0.4, 0.5) is 0 Å². The Kier molecular flexibility index (Phi) is 4.90. The van der Waals surface area contributed by atoms with E-state index in [4.69, 9.17) is 27.3 Å². The molecule has 0 aromatic heterocycles. The number of piperidine rings is 1. The summed E-state index contributed by atoms with van der Waals surface area (Å²) in [6.45, 7) is 1.10. The van der Waals surface area contributed by atoms with Crippen molar-refractivity contribution in [3.63, 3.8) is 0 Å². The number of halogens is 1. The largest absolute Gasteiger partial charge is 0.496 e.